The first-order valence-corrected chi connectivity index (χ1v) is 12.2. The zero-order chi connectivity index (χ0) is 25.2. The van der Waals surface area contributed by atoms with Crippen molar-refractivity contribution in [3.63, 3.8) is 0 Å². The van der Waals surface area contributed by atoms with Crippen LogP contribution in [0.3, 0.4) is 0 Å². The second-order valence-corrected chi connectivity index (χ2v) is 10.2. The van der Waals surface area contributed by atoms with E-state index in [4.69, 9.17) is 14.5 Å². The lowest BCUT2D eigenvalue weighted by Crippen LogP contribution is -2.32. The molecule has 0 aromatic carbocycles. The molecule has 0 spiro atoms. The number of aromatic nitrogens is 2. The third-order valence-corrected chi connectivity index (χ3v) is 6.23. The molecule has 0 bridgehead atoms. The molecule has 2 aliphatic rings. The van der Waals surface area contributed by atoms with Crippen LogP contribution in [0.2, 0.25) is 0 Å². The molecule has 2 amide bonds. The van der Waals surface area contributed by atoms with Crippen LogP contribution in [0.5, 0.6) is 5.75 Å². The predicted octanol–water partition coefficient (Wildman–Crippen LogP) is 4.03. The Labute approximate surface area is 206 Å². The summed E-state index contributed by atoms with van der Waals surface area (Å²) < 4.78 is 13.8. The van der Waals surface area contributed by atoms with Crippen molar-refractivity contribution in [3.05, 3.63) is 41.5 Å². The Kier molecular flexibility index (Phi) is 7.25. The summed E-state index contributed by atoms with van der Waals surface area (Å²) in [6, 6.07) is 2.01. The molecule has 0 radical (unpaired) electrons. The second-order valence-electron chi connectivity index (χ2n) is 10.2. The van der Waals surface area contributed by atoms with E-state index in [1.807, 2.05) is 30.5 Å². The molecule has 35 heavy (non-hydrogen) atoms. The molecule has 1 saturated carbocycles. The highest BCUT2D eigenvalue weighted by Gasteiger charge is 2.30. The number of allylic oxidation sites excluding steroid dienone is 2. The zero-order valence-corrected chi connectivity index (χ0v) is 21.2. The van der Waals surface area contributed by atoms with Gasteiger partial charge in [0, 0.05) is 36.3 Å². The van der Waals surface area contributed by atoms with Gasteiger partial charge in [-0.1, -0.05) is 0 Å². The summed E-state index contributed by atoms with van der Waals surface area (Å²) in [5.41, 5.74) is 2.60. The third-order valence-electron chi connectivity index (χ3n) is 6.23. The van der Waals surface area contributed by atoms with Crippen molar-refractivity contribution in [2.45, 2.75) is 84.0 Å². The minimum Gasteiger partial charge on any atom is -0.490 e. The van der Waals surface area contributed by atoms with Crippen molar-refractivity contribution in [3.8, 4) is 5.75 Å². The standard InChI is InChI=1S/C26H35N5O4/c1-17(2)35-23-12-24-29-22(19-8-10-26(4,5)34-15-19)14-30(24)13-21(23)25(33)28-18(3)9-11-27-31(16-32)20-6-7-20/h9,11-14,16-17,19-20H,6-8,10,15H2,1-5H3,(H,28,33)/b18-9+,27-11-. The van der Waals surface area contributed by atoms with E-state index in [2.05, 4.69) is 24.3 Å². The molecule has 2 aromatic rings. The molecule has 4 rings (SSSR count). The van der Waals surface area contributed by atoms with Crippen molar-refractivity contribution in [1.29, 1.82) is 0 Å². The summed E-state index contributed by atoms with van der Waals surface area (Å²) in [7, 11) is 0. The summed E-state index contributed by atoms with van der Waals surface area (Å²) in [5, 5.41) is 8.43. The lowest BCUT2D eigenvalue weighted by molar-refractivity contribution is -0.118. The van der Waals surface area contributed by atoms with E-state index in [1.165, 1.54) is 11.2 Å². The lowest BCUT2D eigenvalue weighted by atomic mass is 9.90. The Balaban J connectivity index is 1.53. The zero-order valence-electron chi connectivity index (χ0n) is 21.2. The average molecular weight is 482 g/mol. The van der Waals surface area contributed by atoms with Gasteiger partial charge in [0.15, 0.2) is 0 Å². The summed E-state index contributed by atoms with van der Waals surface area (Å²) >= 11 is 0. The van der Waals surface area contributed by atoms with Gasteiger partial charge in [-0.2, -0.15) is 5.10 Å². The lowest BCUT2D eigenvalue weighted by Gasteiger charge is -2.34. The highest BCUT2D eigenvalue weighted by molar-refractivity contribution is 5.98. The first-order valence-electron chi connectivity index (χ1n) is 12.2. The quantitative estimate of drug-likeness (QED) is 0.331. The van der Waals surface area contributed by atoms with Crippen LogP contribution in [0.1, 0.15) is 82.3 Å². The number of carbonyl (C=O) groups excluding carboxylic acids is 2. The number of nitrogens with zero attached hydrogens (tertiary/aromatic N) is 4. The molecular formula is C26H35N5O4. The van der Waals surface area contributed by atoms with Gasteiger partial charge in [0.25, 0.3) is 5.91 Å². The van der Waals surface area contributed by atoms with Gasteiger partial charge in [0.1, 0.15) is 11.4 Å². The predicted molar refractivity (Wildman–Crippen MR) is 134 cm³/mol. The van der Waals surface area contributed by atoms with E-state index >= 15 is 0 Å². The van der Waals surface area contributed by atoms with E-state index in [9.17, 15) is 9.59 Å². The van der Waals surface area contributed by atoms with Gasteiger partial charge >= 0.3 is 0 Å². The maximum Gasteiger partial charge on any atom is 0.260 e. The van der Waals surface area contributed by atoms with Crippen LogP contribution in [0.25, 0.3) is 5.65 Å². The van der Waals surface area contributed by atoms with Crippen molar-refractivity contribution in [2.24, 2.45) is 5.10 Å². The van der Waals surface area contributed by atoms with E-state index in [-0.39, 0.29) is 29.6 Å². The monoisotopic (exact) mass is 481 g/mol. The number of rotatable bonds is 9. The van der Waals surface area contributed by atoms with Crippen LogP contribution in [0.4, 0.5) is 0 Å². The van der Waals surface area contributed by atoms with Crippen LogP contribution >= 0.6 is 0 Å². The highest BCUT2D eigenvalue weighted by Crippen LogP contribution is 2.34. The van der Waals surface area contributed by atoms with E-state index in [0.29, 0.717) is 23.6 Å². The third kappa shape index (κ3) is 6.28. The SMILES string of the molecule is C/C(=C\C=N/N(C=O)C1CC1)NC(=O)c1cn2cc(C3CCC(C)(C)OC3)nc2cc1OC(C)C. The van der Waals surface area contributed by atoms with E-state index in [1.54, 1.807) is 19.2 Å². The fourth-order valence-electron chi connectivity index (χ4n) is 4.05. The second kappa shape index (κ2) is 10.2. The number of hydrogen-bond acceptors (Lipinski definition) is 6. The normalized spacial score (nSPS) is 20.4. The fraction of sp³-hybridized carbons (Fsp3) is 0.538. The molecule has 1 saturated heterocycles. The van der Waals surface area contributed by atoms with Gasteiger partial charge in [-0.05, 0) is 66.4 Å². The minimum atomic E-state index is -0.294. The Morgan fingerprint density at radius 2 is 2.11 bits per heavy atom. The molecule has 1 aliphatic heterocycles. The Morgan fingerprint density at radius 1 is 1.34 bits per heavy atom. The number of pyridine rings is 1. The van der Waals surface area contributed by atoms with Gasteiger partial charge < -0.3 is 19.2 Å². The number of imidazole rings is 1. The number of hydrazone groups is 1. The summed E-state index contributed by atoms with van der Waals surface area (Å²) in [5.74, 6) is 0.406. The number of ether oxygens (including phenoxy) is 2. The molecule has 1 N–H and O–H groups in total. The fourth-order valence-corrected chi connectivity index (χ4v) is 4.05. The Hall–Kier alpha value is -3.20. The number of amides is 2. The van der Waals surface area contributed by atoms with Gasteiger partial charge in [-0.25, -0.2) is 9.99 Å². The molecule has 1 atom stereocenters. The Morgan fingerprint density at radius 3 is 2.74 bits per heavy atom. The first kappa shape index (κ1) is 24.9. The number of fused-ring (bicyclic) bond motifs is 1. The largest absolute Gasteiger partial charge is 0.490 e. The molecular weight excluding hydrogens is 446 g/mol. The van der Waals surface area contributed by atoms with Gasteiger partial charge in [0.05, 0.1) is 35.6 Å². The van der Waals surface area contributed by atoms with Crippen LogP contribution in [-0.2, 0) is 9.53 Å². The summed E-state index contributed by atoms with van der Waals surface area (Å²) in [6.45, 7) is 10.5. The van der Waals surface area contributed by atoms with Crippen LogP contribution < -0.4 is 10.1 Å². The van der Waals surface area contributed by atoms with E-state index < -0.39 is 0 Å². The van der Waals surface area contributed by atoms with Gasteiger partial charge in [-0.15, -0.1) is 0 Å². The maximum atomic E-state index is 13.2. The number of hydrogen-bond donors (Lipinski definition) is 1. The first-order chi connectivity index (χ1) is 16.6. The van der Waals surface area contributed by atoms with Crippen molar-refractivity contribution >= 4 is 24.2 Å². The molecule has 9 nitrogen and oxygen atoms in total. The average Bonchev–Trinajstić information content (AvgIpc) is 3.54. The minimum absolute atomic E-state index is 0.0985. The van der Waals surface area contributed by atoms with Crippen molar-refractivity contribution in [1.82, 2.24) is 19.7 Å². The number of carbonyl (C=O) groups is 2. The molecule has 9 heteroatoms. The molecule has 3 heterocycles. The van der Waals surface area contributed by atoms with Crippen molar-refractivity contribution in [2.75, 3.05) is 6.61 Å². The van der Waals surface area contributed by atoms with Crippen LogP contribution in [0.15, 0.2) is 35.3 Å². The topological polar surface area (TPSA) is 97.5 Å². The molecule has 1 aliphatic carbocycles. The smallest absolute Gasteiger partial charge is 0.260 e. The summed E-state index contributed by atoms with van der Waals surface area (Å²) in [4.78, 5) is 29.0. The van der Waals surface area contributed by atoms with E-state index in [0.717, 1.165) is 43.4 Å². The Bertz CT molecular complexity index is 1140. The molecule has 1 unspecified atom stereocenters. The van der Waals surface area contributed by atoms with Crippen molar-refractivity contribution < 1.29 is 19.1 Å². The molecule has 2 fully saturated rings. The van der Waals surface area contributed by atoms with Crippen LogP contribution in [0, 0.1) is 0 Å². The number of nitrogens with one attached hydrogen (secondary N) is 1. The summed E-state index contributed by atoms with van der Waals surface area (Å²) in [6.07, 6.45) is 11.5. The molecule has 2 aromatic heterocycles. The van der Waals surface area contributed by atoms with Crippen LogP contribution in [-0.4, -0.2) is 57.3 Å². The molecule has 188 valence electrons. The maximum absolute atomic E-state index is 13.2. The van der Waals surface area contributed by atoms with Gasteiger partial charge in [-0.3, -0.25) is 9.59 Å². The highest BCUT2D eigenvalue weighted by atomic mass is 16.5. The van der Waals surface area contributed by atoms with Gasteiger partial charge in [0.2, 0.25) is 6.41 Å².